The fraction of sp³-hybridized carbons (Fsp3) is 0.200. The lowest BCUT2D eigenvalue weighted by molar-refractivity contribution is 0.415. The number of ether oxygens (including phenoxy) is 1. The second kappa shape index (κ2) is 5.04. The molecule has 0 saturated carbocycles. The van der Waals surface area contributed by atoms with E-state index in [0.717, 1.165) is 32.9 Å². The van der Waals surface area contributed by atoms with Crippen molar-refractivity contribution in [3.63, 3.8) is 0 Å². The Hall–Kier alpha value is -1.65. The van der Waals surface area contributed by atoms with E-state index < -0.39 is 0 Å². The lowest BCUT2D eigenvalue weighted by Gasteiger charge is -2.09. The van der Waals surface area contributed by atoms with Crippen LogP contribution >= 0.6 is 22.9 Å². The molecule has 0 aliphatic rings. The van der Waals surface area contributed by atoms with Crippen LogP contribution in [0.3, 0.4) is 0 Å². The van der Waals surface area contributed by atoms with Crippen molar-refractivity contribution in [2.75, 3.05) is 7.11 Å². The van der Waals surface area contributed by atoms with Crippen LogP contribution in [0.1, 0.15) is 11.3 Å². The average Bonchev–Trinajstić information content (AvgIpc) is 2.86. The highest BCUT2D eigenvalue weighted by Crippen LogP contribution is 2.35. The van der Waals surface area contributed by atoms with E-state index in [-0.39, 0.29) is 0 Å². The van der Waals surface area contributed by atoms with Crippen LogP contribution in [-0.4, -0.2) is 17.1 Å². The van der Waals surface area contributed by atoms with Gasteiger partial charge in [-0.2, -0.15) is 0 Å². The van der Waals surface area contributed by atoms with Gasteiger partial charge in [-0.15, -0.1) is 11.3 Å². The van der Waals surface area contributed by atoms with E-state index in [1.807, 2.05) is 30.5 Å². The molecule has 0 fully saturated rings. The molecule has 0 spiro atoms. The number of fused-ring (bicyclic) bond motifs is 1. The number of rotatable bonds is 2. The molecule has 0 saturated heterocycles. The zero-order valence-corrected chi connectivity index (χ0v) is 13.0. The molecule has 3 rings (SSSR count). The van der Waals surface area contributed by atoms with Crippen molar-refractivity contribution in [2.24, 2.45) is 0 Å². The Morgan fingerprint density at radius 3 is 2.65 bits per heavy atom. The van der Waals surface area contributed by atoms with Gasteiger partial charge in [-0.3, -0.25) is 0 Å². The number of aromatic nitrogens is 2. The Kier molecular flexibility index (Phi) is 3.36. The number of benzene rings is 1. The second-order valence-electron chi connectivity index (χ2n) is 4.60. The maximum Gasteiger partial charge on any atom is 0.142 e. The number of aryl methyl sites for hydroxylation is 2. The Balaban J connectivity index is 2.29. The number of thiazole rings is 1. The quantitative estimate of drug-likeness (QED) is 0.692. The molecule has 0 radical (unpaired) electrons. The molecule has 102 valence electrons. The molecule has 3 nitrogen and oxygen atoms in total. The summed E-state index contributed by atoms with van der Waals surface area (Å²) in [7, 11) is 1.61. The van der Waals surface area contributed by atoms with Crippen molar-refractivity contribution in [1.82, 2.24) is 9.97 Å². The van der Waals surface area contributed by atoms with Gasteiger partial charge in [0.05, 0.1) is 18.3 Å². The molecule has 0 unspecified atom stereocenters. The van der Waals surface area contributed by atoms with E-state index in [2.05, 4.69) is 16.9 Å². The highest BCUT2D eigenvalue weighted by molar-refractivity contribution is 7.13. The molecule has 0 N–H and O–H groups in total. The molecule has 0 aliphatic heterocycles. The van der Waals surface area contributed by atoms with E-state index in [0.29, 0.717) is 10.8 Å². The van der Waals surface area contributed by atoms with Gasteiger partial charge < -0.3 is 4.74 Å². The molecule has 0 atom stereocenters. The minimum atomic E-state index is 0.545. The summed E-state index contributed by atoms with van der Waals surface area (Å²) in [5.74, 6) is 0.638. The maximum atomic E-state index is 6.37. The van der Waals surface area contributed by atoms with Crippen LogP contribution in [0.25, 0.3) is 21.6 Å². The number of hydrogen-bond acceptors (Lipinski definition) is 4. The predicted octanol–water partition coefficient (Wildman–Crippen LogP) is 4.64. The van der Waals surface area contributed by atoms with Crippen LogP contribution in [0, 0.1) is 13.8 Å². The molecule has 2 aromatic heterocycles. The Bertz CT molecular complexity index is 798. The van der Waals surface area contributed by atoms with Crippen LogP contribution in [0.4, 0.5) is 0 Å². The van der Waals surface area contributed by atoms with Gasteiger partial charge in [0.2, 0.25) is 0 Å². The smallest absolute Gasteiger partial charge is 0.142 e. The summed E-state index contributed by atoms with van der Waals surface area (Å²) in [6.07, 6.45) is 0. The van der Waals surface area contributed by atoms with Gasteiger partial charge >= 0.3 is 0 Å². The van der Waals surface area contributed by atoms with Gasteiger partial charge in [-0.25, -0.2) is 9.97 Å². The molecule has 2 heterocycles. The number of nitrogens with zero attached hydrogens (tertiary/aromatic N) is 2. The van der Waals surface area contributed by atoms with Gasteiger partial charge in [0.1, 0.15) is 15.8 Å². The van der Waals surface area contributed by atoms with Crippen molar-refractivity contribution >= 4 is 33.8 Å². The number of halogens is 1. The Morgan fingerprint density at radius 1 is 1.20 bits per heavy atom. The normalized spacial score (nSPS) is 11.0. The highest BCUT2D eigenvalue weighted by atomic mass is 35.5. The largest absolute Gasteiger partial charge is 0.495 e. The summed E-state index contributed by atoms with van der Waals surface area (Å²) in [5.41, 5.74) is 3.74. The first-order valence-corrected chi connectivity index (χ1v) is 7.42. The summed E-state index contributed by atoms with van der Waals surface area (Å²) in [5, 5.41) is 4.51. The monoisotopic (exact) mass is 304 g/mol. The van der Waals surface area contributed by atoms with Crippen molar-refractivity contribution in [3.8, 4) is 16.5 Å². The summed E-state index contributed by atoms with van der Waals surface area (Å²) >= 11 is 7.96. The maximum absolute atomic E-state index is 6.37. The van der Waals surface area contributed by atoms with Crippen molar-refractivity contribution in [3.05, 3.63) is 39.9 Å². The molecule has 3 aromatic rings. The molecule has 1 aromatic carbocycles. The molecular formula is C15H13ClN2OS. The van der Waals surface area contributed by atoms with Crippen molar-refractivity contribution in [2.45, 2.75) is 13.8 Å². The van der Waals surface area contributed by atoms with Gasteiger partial charge in [-0.05, 0) is 37.6 Å². The topological polar surface area (TPSA) is 35.0 Å². The summed E-state index contributed by atoms with van der Waals surface area (Å²) in [4.78, 5) is 9.15. The average molecular weight is 305 g/mol. The van der Waals surface area contributed by atoms with E-state index in [1.165, 1.54) is 0 Å². The lowest BCUT2D eigenvalue weighted by atomic mass is 10.1. The molecule has 0 aliphatic carbocycles. The van der Waals surface area contributed by atoms with E-state index >= 15 is 0 Å². The third kappa shape index (κ3) is 2.15. The van der Waals surface area contributed by atoms with Crippen LogP contribution in [0.15, 0.2) is 23.6 Å². The number of pyridine rings is 1. The number of hydrogen-bond donors (Lipinski definition) is 0. The van der Waals surface area contributed by atoms with Crippen LogP contribution < -0.4 is 4.74 Å². The first kappa shape index (κ1) is 13.3. The molecule has 20 heavy (non-hydrogen) atoms. The fourth-order valence-electron chi connectivity index (χ4n) is 2.15. The third-order valence-corrected chi connectivity index (χ3v) is 4.50. The van der Waals surface area contributed by atoms with Gasteiger partial charge in [0, 0.05) is 16.5 Å². The highest BCUT2D eigenvalue weighted by Gasteiger charge is 2.13. The van der Waals surface area contributed by atoms with E-state index in [9.17, 15) is 0 Å². The molecule has 0 bridgehead atoms. The van der Waals surface area contributed by atoms with Crippen LogP contribution in [-0.2, 0) is 0 Å². The third-order valence-electron chi connectivity index (χ3n) is 3.15. The molecular weight excluding hydrogens is 292 g/mol. The zero-order valence-electron chi connectivity index (χ0n) is 11.4. The first-order valence-electron chi connectivity index (χ1n) is 6.16. The Morgan fingerprint density at radius 2 is 2.00 bits per heavy atom. The zero-order chi connectivity index (χ0) is 14.3. The summed E-state index contributed by atoms with van der Waals surface area (Å²) < 4.78 is 5.26. The van der Waals surface area contributed by atoms with Crippen LogP contribution in [0.5, 0.6) is 5.75 Å². The fourth-order valence-corrected chi connectivity index (χ4v) is 3.19. The predicted molar refractivity (Wildman–Crippen MR) is 83.9 cm³/mol. The lowest BCUT2D eigenvalue weighted by Crippen LogP contribution is -1.92. The summed E-state index contributed by atoms with van der Waals surface area (Å²) in [6, 6.07) is 5.90. The van der Waals surface area contributed by atoms with Gasteiger partial charge in [0.25, 0.3) is 0 Å². The minimum absolute atomic E-state index is 0.545. The number of methoxy groups -OCH3 is 1. The minimum Gasteiger partial charge on any atom is -0.495 e. The van der Waals surface area contributed by atoms with Gasteiger partial charge in [-0.1, -0.05) is 11.6 Å². The molecule has 5 heteroatoms. The Labute approximate surface area is 126 Å². The second-order valence-corrected chi connectivity index (χ2v) is 5.83. The standard InChI is InChI=1S/C15H13ClN2OS/c1-8-6-11(15-17-9(2)7-20-15)18-14-10(8)4-5-12(19-3)13(14)16/h4-7H,1-3H3. The van der Waals surface area contributed by atoms with Crippen molar-refractivity contribution < 1.29 is 4.74 Å². The SMILES string of the molecule is COc1ccc2c(C)cc(-c3nc(C)cs3)nc2c1Cl. The van der Waals surface area contributed by atoms with E-state index in [1.54, 1.807) is 18.4 Å². The summed E-state index contributed by atoms with van der Waals surface area (Å²) in [6.45, 7) is 4.03. The first-order chi connectivity index (χ1) is 9.60. The molecule has 0 amide bonds. The van der Waals surface area contributed by atoms with Crippen LogP contribution in [0.2, 0.25) is 5.02 Å². The van der Waals surface area contributed by atoms with E-state index in [4.69, 9.17) is 16.3 Å². The van der Waals surface area contributed by atoms with Crippen molar-refractivity contribution in [1.29, 1.82) is 0 Å². The van der Waals surface area contributed by atoms with Gasteiger partial charge in [0.15, 0.2) is 0 Å².